The fourth-order valence-electron chi connectivity index (χ4n) is 1.17. The maximum Gasteiger partial charge on any atom is 0.340 e. The van der Waals surface area contributed by atoms with E-state index in [9.17, 15) is 4.79 Å². The van der Waals surface area contributed by atoms with Crippen molar-refractivity contribution in [3.63, 3.8) is 0 Å². The molecule has 0 amide bonds. The minimum absolute atomic E-state index is 0.332. The molecule has 0 N–H and O–H groups in total. The number of esters is 1. The van der Waals surface area contributed by atoms with Crippen LogP contribution in [0.25, 0.3) is 0 Å². The summed E-state index contributed by atoms with van der Waals surface area (Å²) >= 11 is 6.57. The Bertz CT molecular complexity index is 390. The van der Waals surface area contributed by atoms with Gasteiger partial charge >= 0.3 is 5.97 Å². The third-order valence-corrected chi connectivity index (χ3v) is 3.54. The number of hydrogen-bond acceptors (Lipinski definition) is 4. The van der Waals surface area contributed by atoms with Gasteiger partial charge < -0.3 is 14.2 Å². The molecule has 4 nitrogen and oxygen atoms in total. The summed E-state index contributed by atoms with van der Waals surface area (Å²) in [4.78, 5) is 11.6. The number of halogens is 2. The van der Waals surface area contributed by atoms with Crippen molar-refractivity contribution < 1.29 is 19.0 Å². The van der Waals surface area contributed by atoms with Crippen molar-refractivity contribution in [2.45, 2.75) is 0 Å². The van der Waals surface area contributed by atoms with Crippen molar-refractivity contribution in [1.29, 1.82) is 0 Å². The quantitative estimate of drug-likeness (QED) is 0.783. The lowest BCUT2D eigenvalue weighted by molar-refractivity contribution is 0.0597. The van der Waals surface area contributed by atoms with E-state index in [2.05, 4.69) is 36.6 Å². The van der Waals surface area contributed by atoms with Crippen LogP contribution in [-0.2, 0) is 4.74 Å². The maximum atomic E-state index is 11.6. The van der Waals surface area contributed by atoms with Gasteiger partial charge in [-0.2, -0.15) is 0 Å². The van der Waals surface area contributed by atoms with E-state index in [1.807, 2.05) is 0 Å². The van der Waals surface area contributed by atoms with E-state index >= 15 is 0 Å². The highest BCUT2D eigenvalue weighted by atomic mass is 79.9. The normalized spacial score (nSPS) is 9.81. The Morgan fingerprint density at radius 3 is 1.81 bits per heavy atom. The smallest absolute Gasteiger partial charge is 0.340 e. The molecule has 0 aliphatic rings. The van der Waals surface area contributed by atoms with E-state index < -0.39 is 5.97 Å². The Morgan fingerprint density at radius 2 is 1.50 bits per heavy atom. The summed E-state index contributed by atoms with van der Waals surface area (Å²) < 4.78 is 16.0. The Morgan fingerprint density at radius 1 is 1.06 bits per heavy atom. The largest absolute Gasteiger partial charge is 0.495 e. The lowest BCUT2D eigenvalue weighted by Crippen LogP contribution is -2.06. The fourth-order valence-corrected chi connectivity index (χ4v) is 2.71. The SMILES string of the molecule is COC(=O)c1c(Br)c(OC)cc(OC)c1Br. The molecule has 0 fully saturated rings. The second-order valence-electron chi connectivity index (χ2n) is 2.78. The second-order valence-corrected chi connectivity index (χ2v) is 4.36. The lowest BCUT2D eigenvalue weighted by atomic mass is 10.2. The first kappa shape index (κ1) is 13.3. The van der Waals surface area contributed by atoms with Gasteiger partial charge in [-0.1, -0.05) is 0 Å². The summed E-state index contributed by atoms with van der Waals surface area (Å²) in [6, 6.07) is 1.67. The molecule has 0 unspecified atom stereocenters. The Hall–Kier alpha value is -0.750. The van der Waals surface area contributed by atoms with Gasteiger partial charge in [0.05, 0.1) is 35.8 Å². The van der Waals surface area contributed by atoms with Gasteiger partial charge in [0.15, 0.2) is 0 Å². The molecule has 1 rings (SSSR count). The van der Waals surface area contributed by atoms with Gasteiger partial charge in [0.25, 0.3) is 0 Å². The third-order valence-electron chi connectivity index (χ3n) is 1.96. The van der Waals surface area contributed by atoms with E-state index in [-0.39, 0.29) is 0 Å². The van der Waals surface area contributed by atoms with Crippen LogP contribution >= 0.6 is 31.9 Å². The zero-order valence-electron chi connectivity index (χ0n) is 8.97. The lowest BCUT2D eigenvalue weighted by Gasteiger charge is -2.13. The maximum absolute atomic E-state index is 11.6. The second kappa shape index (κ2) is 5.54. The zero-order valence-corrected chi connectivity index (χ0v) is 12.1. The van der Waals surface area contributed by atoms with Gasteiger partial charge in [-0.05, 0) is 31.9 Å². The molecule has 1 aromatic rings. The number of rotatable bonds is 3. The molecular weight excluding hydrogens is 344 g/mol. The van der Waals surface area contributed by atoms with Crippen LogP contribution in [0.5, 0.6) is 11.5 Å². The summed E-state index contributed by atoms with van der Waals surface area (Å²) in [7, 11) is 4.33. The van der Waals surface area contributed by atoms with Crippen molar-refractivity contribution in [2.75, 3.05) is 21.3 Å². The van der Waals surface area contributed by atoms with E-state index in [0.717, 1.165) is 0 Å². The predicted molar refractivity (Wildman–Crippen MR) is 66.3 cm³/mol. The van der Waals surface area contributed by atoms with Crippen LogP contribution in [0.1, 0.15) is 10.4 Å². The van der Waals surface area contributed by atoms with Crippen molar-refractivity contribution in [1.82, 2.24) is 0 Å². The summed E-state index contributed by atoms with van der Waals surface area (Å²) in [5.41, 5.74) is 0.332. The molecule has 0 aliphatic heterocycles. The first-order valence-corrected chi connectivity index (χ1v) is 5.83. The van der Waals surface area contributed by atoms with E-state index in [1.54, 1.807) is 6.07 Å². The number of benzene rings is 1. The highest BCUT2D eigenvalue weighted by Crippen LogP contribution is 2.40. The summed E-state index contributed by atoms with van der Waals surface area (Å²) in [5, 5.41) is 0. The van der Waals surface area contributed by atoms with Gasteiger partial charge in [0.1, 0.15) is 11.5 Å². The average molecular weight is 354 g/mol. The van der Waals surface area contributed by atoms with E-state index in [0.29, 0.717) is 26.0 Å². The molecule has 16 heavy (non-hydrogen) atoms. The van der Waals surface area contributed by atoms with Crippen molar-refractivity contribution in [3.05, 3.63) is 20.6 Å². The molecule has 1 aromatic carbocycles. The molecule has 88 valence electrons. The monoisotopic (exact) mass is 352 g/mol. The first-order chi connectivity index (χ1) is 7.56. The summed E-state index contributed by atoms with van der Waals surface area (Å²) in [6.45, 7) is 0. The van der Waals surface area contributed by atoms with Crippen molar-refractivity contribution in [2.24, 2.45) is 0 Å². The van der Waals surface area contributed by atoms with Crippen LogP contribution < -0.4 is 9.47 Å². The molecule has 0 atom stereocenters. The minimum atomic E-state index is -0.476. The number of carbonyl (C=O) groups is 1. The van der Waals surface area contributed by atoms with Gasteiger partial charge in [-0.3, -0.25) is 0 Å². The van der Waals surface area contributed by atoms with Crippen molar-refractivity contribution >= 4 is 37.8 Å². The van der Waals surface area contributed by atoms with Crippen LogP contribution in [0.3, 0.4) is 0 Å². The highest BCUT2D eigenvalue weighted by Gasteiger charge is 2.22. The Labute approximate surface area is 110 Å². The van der Waals surface area contributed by atoms with E-state index in [1.165, 1.54) is 21.3 Å². The van der Waals surface area contributed by atoms with Gasteiger partial charge in [-0.25, -0.2) is 4.79 Å². The number of ether oxygens (including phenoxy) is 3. The molecule has 0 bridgehead atoms. The highest BCUT2D eigenvalue weighted by molar-refractivity contribution is 9.11. The predicted octanol–water partition coefficient (Wildman–Crippen LogP) is 3.02. The summed E-state index contributed by atoms with van der Waals surface area (Å²) in [5.74, 6) is 0.525. The molecule has 0 heterocycles. The topological polar surface area (TPSA) is 44.8 Å². The van der Waals surface area contributed by atoms with Crippen LogP contribution in [0.2, 0.25) is 0 Å². The van der Waals surface area contributed by atoms with E-state index in [4.69, 9.17) is 9.47 Å². The van der Waals surface area contributed by atoms with Crippen LogP contribution in [-0.4, -0.2) is 27.3 Å². The molecular formula is C10H10Br2O4. The molecule has 0 aliphatic carbocycles. The molecule has 6 heteroatoms. The Kier molecular flexibility index (Phi) is 4.61. The molecule has 0 radical (unpaired) electrons. The van der Waals surface area contributed by atoms with Gasteiger partial charge in [-0.15, -0.1) is 0 Å². The van der Waals surface area contributed by atoms with Crippen molar-refractivity contribution in [3.8, 4) is 11.5 Å². The van der Waals surface area contributed by atoms with Crippen LogP contribution in [0.15, 0.2) is 15.0 Å². The summed E-state index contributed by atoms with van der Waals surface area (Å²) in [6.07, 6.45) is 0. The first-order valence-electron chi connectivity index (χ1n) is 4.25. The van der Waals surface area contributed by atoms with Crippen LogP contribution in [0, 0.1) is 0 Å². The number of carbonyl (C=O) groups excluding carboxylic acids is 1. The Balaban J connectivity index is 3.49. The fraction of sp³-hybridized carbons (Fsp3) is 0.300. The van der Waals surface area contributed by atoms with Crippen LogP contribution in [0.4, 0.5) is 0 Å². The number of hydrogen-bond donors (Lipinski definition) is 0. The molecule has 0 aromatic heterocycles. The van der Waals surface area contributed by atoms with Gasteiger partial charge in [0, 0.05) is 6.07 Å². The molecule has 0 spiro atoms. The molecule has 0 saturated carbocycles. The zero-order chi connectivity index (χ0) is 12.3. The van der Waals surface area contributed by atoms with Gasteiger partial charge in [0.2, 0.25) is 0 Å². The average Bonchev–Trinajstić information content (AvgIpc) is 2.29. The molecule has 0 saturated heterocycles. The standard InChI is InChI=1S/C10H10Br2O4/c1-14-5-4-6(15-2)9(12)7(8(5)11)10(13)16-3/h4H,1-3H3. The minimum Gasteiger partial charge on any atom is -0.495 e. The third kappa shape index (κ3) is 2.32. The number of methoxy groups -OCH3 is 3.